The predicted molar refractivity (Wildman–Crippen MR) is 79.8 cm³/mol. The molecule has 2 aliphatic rings. The molecule has 3 nitrogen and oxygen atoms in total. The zero-order valence-electron chi connectivity index (χ0n) is 11.5. The minimum absolute atomic E-state index is 0.120. The molecule has 0 radical (unpaired) electrons. The quantitative estimate of drug-likeness (QED) is 0.710. The highest BCUT2D eigenvalue weighted by Crippen LogP contribution is 2.38. The SMILES string of the molecule is NCc1ccc2c(c1)Cc1c-2[nH]c(=O)c2c1CCCC2. The van der Waals surface area contributed by atoms with Crippen molar-refractivity contribution < 1.29 is 0 Å². The summed E-state index contributed by atoms with van der Waals surface area (Å²) in [5.74, 6) is 0. The molecule has 1 aromatic heterocycles. The zero-order chi connectivity index (χ0) is 13.7. The van der Waals surface area contributed by atoms with Gasteiger partial charge in [0.2, 0.25) is 0 Å². The van der Waals surface area contributed by atoms with Crippen LogP contribution < -0.4 is 11.3 Å². The maximum atomic E-state index is 12.3. The molecule has 0 fully saturated rings. The summed E-state index contributed by atoms with van der Waals surface area (Å²) in [5, 5.41) is 0. The van der Waals surface area contributed by atoms with Crippen LogP contribution >= 0.6 is 0 Å². The number of rotatable bonds is 1. The average Bonchev–Trinajstić information content (AvgIpc) is 2.85. The van der Waals surface area contributed by atoms with E-state index in [1.54, 1.807) is 0 Å². The number of nitrogens with two attached hydrogens (primary N) is 1. The summed E-state index contributed by atoms with van der Waals surface area (Å²) < 4.78 is 0. The Labute approximate surface area is 117 Å². The Kier molecular flexibility index (Phi) is 2.57. The van der Waals surface area contributed by atoms with Gasteiger partial charge in [-0.1, -0.05) is 18.2 Å². The van der Waals surface area contributed by atoms with Crippen LogP contribution in [-0.4, -0.2) is 4.98 Å². The molecule has 1 heterocycles. The van der Waals surface area contributed by atoms with Crippen molar-refractivity contribution in [3.8, 4) is 11.3 Å². The van der Waals surface area contributed by atoms with E-state index in [9.17, 15) is 4.79 Å². The van der Waals surface area contributed by atoms with E-state index < -0.39 is 0 Å². The molecule has 4 rings (SSSR count). The lowest BCUT2D eigenvalue weighted by Gasteiger charge is -2.18. The third-order valence-electron chi connectivity index (χ3n) is 4.69. The second-order valence-electron chi connectivity index (χ2n) is 5.84. The molecule has 3 N–H and O–H groups in total. The fourth-order valence-electron chi connectivity index (χ4n) is 3.68. The maximum absolute atomic E-state index is 12.3. The largest absolute Gasteiger partial charge is 0.326 e. The van der Waals surface area contributed by atoms with Gasteiger partial charge in [0.15, 0.2) is 0 Å². The number of nitrogens with one attached hydrogen (secondary N) is 1. The standard InChI is InChI=1S/C17H18N2O/c18-9-10-5-6-12-11(7-10)8-15-13-3-1-2-4-14(13)17(20)19-16(12)15/h5-7H,1-4,8-9,18H2,(H,19,20). The first-order valence-electron chi connectivity index (χ1n) is 7.37. The van der Waals surface area contributed by atoms with Crippen LogP contribution in [-0.2, 0) is 25.8 Å². The van der Waals surface area contributed by atoms with Crippen LogP contribution in [0.15, 0.2) is 23.0 Å². The van der Waals surface area contributed by atoms with Gasteiger partial charge in [-0.2, -0.15) is 0 Å². The number of benzene rings is 1. The molecule has 102 valence electrons. The van der Waals surface area contributed by atoms with Crippen LogP contribution in [0.5, 0.6) is 0 Å². The minimum Gasteiger partial charge on any atom is -0.326 e. The van der Waals surface area contributed by atoms with Gasteiger partial charge in [0.1, 0.15) is 0 Å². The lowest BCUT2D eigenvalue weighted by atomic mass is 9.88. The van der Waals surface area contributed by atoms with Crippen LogP contribution in [0.25, 0.3) is 11.3 Å². The molecule has 0 bridgehead atoms. The third-order valence-corrected chi connectivity index (χ3v) is 4.69. The summed E-state index contributed by atoms with van der Waals surface area (Å²) in [4.78, 5) is 15.4. The van der Waals surface area contributed by atoms with E-state index in [1.807, 2.05) is 0 Å². The van der Waals surface area contributed by atoms with Gasteiger partial charge in [0.05, 0.1) is 5.69 Å². The number of H-pyrrole nitrogens is 1. The van der Waals surface area contributed by atoms with E-state index in [1.165, 1.54) is 28.7 Å². The average molecular weight is 266 g/mol. The summed E-state index contributed by atoms with van der Waals surface area (Å²) in [6, 6.07) is 6.35. The van der Waals surface area contributed by atoms with Gasteiger partial charge >= 0.3 is 0 Å². The van der Waals surface area contributed by atoms with E-state index in [0.29, 0.717) is 6.54 Å². The summed E-state index contributed by atoms with van der Waals surface area (Å²) in [5.41, 5.74) is 14.2. The van der Waals surface area contributed by atoms with E-state index in [0.717, 1.165) is 42.5 Å². The fraction of sp³-hybridized carbons (Fsp3) is 0.353. The summed E-state index contributed by atoms with van der Waals surface area (Å²) >= 11 is 0. The molecular weight excluding hydrogens is 248 g/mol. The van der Waals surface area contributed by atoms with Crippen molar-refractivity contribution in [2.75, 3.05) is 0 Å². The predicted octanol–water partition coefficient (Wildman–Crippen LogP) is 2.28. The van der Waals surface area contributed by atoms with E-state index >= 15 is 0 Å². The summed E-state index contributed by atoms with van der Waals surface area (Å²) in [7, 11) is 0. The lowest BCUT2D eigenvalue weighted by molar-refractivity contribution is 0.672. The highest BCUT2D eigenvalue weighted by molar-refractivity contribution is 5.75. The molecule has 1 aromatic carbocycles. The van der Waals surface area contributed by atoms with Crippen LogP contribution in [0.4, 0.5) is 0 Å². The monoisotopic (exact) mass is 266 g/mol. The molecule has 2 aliphatic carbocycles. The Morgan fingerprint density at radius 1 is 1.10 bits per heavy atom. The second kappa shape index (κ2) is 4.32. The van der Waals surface area contributed by atoms with Crippen molar-refractivity contribution in [3.63, 3.8) is 0 Å². The van der Waals surface area contributed by atoms with E-state index in [4.69, 9.17) is 5.73 Å². The lowest BCUT2D eigenvalue weighted by Crippen LogP contribution is -2.21. The van der Waals surface area contributed by atoms with Crippen molar-refractivity contribution in [1.29, 1.82) is 0 Å². The number of hydrogen-bond acceptors (Lipinski definition) is 2. The number of hydrogen-bond donors (Lipinski definition) is 2. The van der Waals surface area contributed by atoms with Crippen LogP contribution in [0, 0.1) is 0 Å². The molecule has 2 aromatic rings. The van der Waals surface area contributed by atoms with Gasteiger partial charge < -0.3 is 10.7 Å². The first-order valence-corrected chi connectivity index (χ1v) is 7.37. The van der Waals surface area contributed by atoms with Crippen molar-refractivity contribution in [2.24, 2.45) is 5.73 Å². The maximum Gasteiger partial charge on any atom is 0.251 e. The van der Waals surface area contributed by atoms with Crippen molar-refractivity contribution in [3.05, 3.63) is 56.4 Å². The number of fused-ring (bicyclic) bond motifs is 5. The molecule has 3 heteroatoms. The summed E-state index contributed by atoms with van der Waals surface area (Å²) in [6.07, 6.45) is 5.27. The molecular formula is C17H18N2O. The molecule has 0 spiro atoms. The molecule has 0 amide bonds. The van der Waals surface area contributed by atoms with Gasteiger partial charge in [0, 0.05) is 24.1 Å². The summed E-state index contributed by atoms with van der Waals surface area (Å²) in [6.45, 7) is 0.568. The highest BCUT2D eigenvalue weighted by atomic mass is 16.1. The molecule has 0 saturated carbocycles. The van der Waals surface area contributed by atoms with E-state index in [2.05, 4.69) is 23.2 Å². The van der Waals surface area contributed by atoms with Gasteiger partial charge in [-0.05, 0) is 47.9 Å². The van der Waals surface area contributed by atoms with Crippen LogP contribution in [0.3, 0.4) is 0 Å². The van der Waals surface area contributed by atoms with Crippen molar-refractivity contribution in [1.82, 2.24) is 4.98 Å². The number of pyridine rings is 1. The first-order chi connectivity index (χ1) is 9.78. The Morgan fingerprint density at radius 3 is 2.70 bits per heavy atom. The van der Waals surface area contributed by atoms with Gasteiger partial charge in [-0.25, -0.2) is 0 Å². The second-order valence-corrected chi connectivity index (χ2v) is 5.84. The Balaban J connectivity index is 1.94. The normalized spacial score (nSPS) is 15.7. The Bertz CT molecular complexity index is 758. The number of aromatic nitrogens is 1. The van der Waals surface area contributed by atoms with Gasteiger partial charge in [0.25, 0.3) is 5.56 Å². The topological polar surface area (TPSA) is 58.9 Å². The Hall–Kier alpha value is -1.87. The molecule has 0 atom stereocenters. The van der Waals surface area contributed by atoms with E-state index in [-0.39, 0.29) is 5.56 Å². The Morgan fingerprint density at radius 2 is 1.90 bits per heavy atom. The smallest absolute Gasteiger partial charge is 0.251 e. The van der Waals surface area contributed by atoms with Crippen molar-refractivity contribution in [2.45, 2.75) is 38.6 Å². The van der Waals surface area contributed by atoms with Gasteiger partial charge in [-0.3, -0.25) is 4.79 Å². The highest BCUT2D eigenvalue weighted by Gasteiger charge is 2.26. The zero-order valence-corrected chi connectivity index (χ0v) is 11.5. The molecule has 0 unspecified atom stereocenters. The minimum atomic E-state index is 0.120. The first kappa shape index (κ1) is 11.9. The fourth-order valence-corrected chi connectivity index (χ4v) is 3.68. The van der Waals surface area contributed by atoms with Gasteiger partial charge in [-0.15, -0.1) is 0 Å². The molecule has 0 saturated heterocycles. The van der Waals surface area contributed by atoms with Crippen LogP contribution in [0.1, 0.15) is 40.7 Å². The van der Waals surface area contributed by atoms with Crippen LogP contribution in [0.2, 0.25) is 0 Å². The number of aromatic amines is 1. The molecule has 20 heavy (non-hydrogen) atoms. The molecule has 0 aliphatic heterocycles. The third kappa shape index (κ3) is 1.59. The van der Waals surface area contributed by atoms with Crippen molar-refractivity contribution >= 4 is 0 Å².